The van der Waals surface area contributed by atoms with Crippen molar-refractivity contribution in [2.45, 2.75) is 13.0 Å². The van der Waals surface area contributed by atoms with E-state index < -0.39 is 23.6 Å². The van der Waals surface area contributed by atoms with Gasteiger partial charge in [-0.15, -0.1) is 0 Å². The van der Waals surface area contributed by atoms with Crippen LogP contribution in [-0.2, 0) is 9.53 Å². The largest absolute Gasteiger partial charge is 0.449 e. The fraction of sp³-hybridized carbons (Fsp3) is 0.105. The van der Waals surface area contributed by atoms with E-state index in [9.17, 15) is 14.4 Å². The van der Waals surface area contributed by atoms with Gasteiger partial charge < -0.3 is 14.5 Å². The molecule has 1 heterocycles. The highest BCUT2D eigenvalue weighted by Gasteiger charge is 2.22. The number of para-hydroxylation sites is 1. The highest BCUT2D eigenvalue weighted by atomic mass is 35.5. The quantitative estimate of drug-likeness (QED) is 0.516. The molecule has 3 aromatic rings. The molecule has 0 unspecified atom stereocenters. The molecular weight excluding hydrogens is 393 g/mol. The van der Waals surface area contributed by atoms with Gasteiger partial charge in [0.25, 0.3) is 5.91 Å². The van der Waals surface area contributed by atoms with Gasteiger partial charge in [-0.1, -0.05) is 41.4 Å². The van der Waals surface area contributed by atoms with Crippen LogP contribution >= 0.6 is 23.2 Å². The summed E-state index contributed by atoms with van der Waals surface area (Å²) >= 11 is 11.9. The Kier molecular flexibility index (Phi) is 5.48. The topological polar surface area (TPSA) is 85.6 Å². The number of fused-ring (bicyclic) bond motifs is 1. The summed E-state index contributed by atoms with van der Waals surface area (Å²) < 4.78 is 10.2. The Morgan fingerprint density at radius 3 is 2.63 bits per heavy atom. The minimum absolute atomic E-state index is 0.279. The van der Waals surface area contributed by atoms with Crippen LogP contribution in [0.4, 0.5) is 5.69 Å². The smallest absolute Gasteiger partial charge is 0.351 e. The van der Waals surface area contributed by atoms with Gasteiger partial charge in [0.15, 0.2) is 6.10 Å². The Balaban J connectivity index is 1.75. The number of halogens is 2. The zero-order valence-corrected chi connectivity index (χ0v) is 15.5. The number of hydrogen-bond acceptors (Lipinski definition) is 5. The first-order valence-electron chi connectivity index (χ1n) is 7.85. The summed E-state index contributed by atoms with van der Waals surface area (Å²) in [6, 6.07) is 12.7. The highest BCUT2D eigenvalue weighted by molar-refractivity contribution is 6.35. The van der Waals surface area contributed by atoms with Gasteiger partial charge in [-0.2, -0.15) is 0 Å². The average molecular weight is 406 g/mol. The van der Waals surface area contributed by atoms with E-state index in [4.69, 9.17) is 32.4 Å². The van der Waals surface area contributed by atoms with E-state index in [1.807, 2.05) is 0 Å². The lowest BCUT2D eigenvalue weighted by Crippen LogP contribution is -2.31. The third-order valence-corrected chi connectivity index (χ3v) is 4.27. The Labute approximate surface area is 163 Å². The average Bonchev–Trinajstić information content (AvgIpc) is 2.63. The number of hydrogen-bond donors (Lipinski definition) is 1. The lowest BCUT2D eigenvalue weighted by atomic mass is 10.2. The second-order valence-corrected chi connectivity index (χ2v) is 6.49. The molecule has 1 atom stereocenters. The van der Waals surface area contributed by atoms with E-state index in [2.05, 4.69) is 5.32 Å². The number of carbonyl (C=O) groups is 2. The summed E-state index contributed by atoms with van der Waals surface area (Å²) in [6.07, 6.45) is -1.18. The lowest BCUT2D eigenvalue weighted by Gasteiger charge is -2.14. The molecule has 1 amide bonds. The Hall–Kier alpha value is -2.83. The van der Waals surface area contributed by atoms with Crippen LogP contribution in [0.2, 0.25) is 10.0 Å². The van der Waals surface area contributed by atoms with E-state index in [0.29, 0.717) is 16.0 Å². The zero-order chi connectivity index (χ0) is 19.6. The van der Waals surface area contributed by atoms with Gasteiger partial charge in [0.1, 0.15) is 11.1 Å². The van der Waals surface area contributed by atoms with Crippen LogP contribution in [-0.4, -0.2) is 18.0 Å². The Bertz CT molecular complexity index is 1090. The van der Waals surface area contributed by atoms with Gasteiger partial charge >= 0.3 is 11.6 Å². The van der Waals surface area contributed by atoms with Crippen molar-refractivity contribution in [3.63, 3.8) is 0 Å². The van der Waals surface area contributed by atoms with Crippen molar-refractivity contribution < 1.29 is 18.7 Å². The third kappa shape index (κ3) is 4.30. The fourth-order valence-electron chi connectivity index (χ4n) is 2.31. The first-order valence-corrected chi connectivity index (χ1v) is 8.60. The van der Waals surface area contributed by atoms with Crippen molar-refractivity contribution in [2.75, 3.05) is 5.32 Å². The van der Waals surface area contributed by atoms with Crippen LogP contribution in [0.1, 0.15) is 17.3 Å². The first kappa shape index (κ1) is 18.9. The van der Waals surface area contributed by atoms with E-state index in [1.165, 1.54) is 25.1 Å². The summed E-state index contributed by atoms with van der Waals surface area (Å²) in [5, 5.41) is 3.74. The van der Waals surface area contributed by atoms with Gasteiger partial charge in [0, 0.05) is 10.4 Å². The second-order valence-electron chi connectivity index (χ2n) is 5.65. The molecule has 0 aliphatic heterocycles. The molecule has 0 bridgehead atoms. The molecule has 0 saturated heterocycles. The summed E-state index contributed by atoms with van der Waals surface area (Å²) in [4.78, 5) is 36.5. The predicted molar refractivity (Wildman–Crippen MR) is 102 cm³/mol. The molecule has 0 fully saturated rings. The van der Waals surface area contributed by atoms with Crippen molar-refractivity contribution in [1.29, 1.82) is 0 Å². The van der Waals surface area contributed by atoms with Crippen LogP contribution in [0.3, 0.4) is 0 Å². The first-order chi connectivity index (χ1) is 12.8. The number of ether oxygens (including phenoxy) is 1. The molecule has 6 nitrogen and oxygen atoms in total. The van der Waals surface area contributed by atoms with Crippen LogP contribution < -0.4 is 10.9 Å². The number of rotatable bonds is 4. The molecule has 1 N–H and O–H groups in total. The van der Waals surface area contributed by atoms with Crippen molar-refractivity contribution in [3.8, 4) is 0 Å². The number of carbonyl (C=O) groups excluding carboxylic acids is 2. The van der Waals surface area contributed by atoms with E-state index >= 15 is 0 Å². The molecule has 27 heavy (non-hydrogen) atoms. The molecule has 8 heteroatoms. The minimum atomic E-state index is -1.18. The van der Waals surface area contributed by atoms with Crippen LogP contribution in [0, 0.1) is 0 Å². The third-order valence-electron chi connectivity index (χ3n) is 3.70. The molecule has 0 aliphatic rings. The van der Waals surface area contributed by atoms with Gasteiger partial charge in [-0.3, -0.25) is 4.79 Å². The molecule has 0 aliphatic carbocycles. The van der Waals surface area contributed by atoms with Crippen LogP contribution in [0.25, 0.3) is 11.0 Å². The highest BCUT2D eigenvalue weighted by Crippen LogP contribution is 2.25. The fourth-order valence-corrected chi connectivity index (χ4v) is 2.65. The second kappa shape index (κ2) is 7.82. The number of esters is 1. The van der Waals surface area contributed by atoms with Gasteiger partial charge in [0.05, 0.1) is 10.7 Å². The van der Waals surface area contributed by atoms with Crippen molar-refractivity contribution in [2.24, 2.45) is 0 Å². The zero-order valence-electron chi connectivity index (χ0n) is 14.0. The lowest BCUT2D eigenvalue weighted by molar-refractivity contribution is -0.123. The van der Waals surface area contributed by atoms with Gasteiger partial charge in [-0.25, -0.2) is 9.59 Å². The van der Waals surface area contributed by atoms with E-state index in [-0.39, 0.29) is 16.3 Å². The summed E-state index contributed by atoms with van der Waals surface area (Å²) in [5.74, 6) is -1.59. The SMILES string of the molecule is C[C@@H](OC(=O)c1cc2ccccc2oc1=O)C(=O)Nc1cc(Cl)ccc1Cl. The normalized spacial score (nSPS) is 11.8. The number of nitrogens with one attached hydrogen (secondary N) is 1. The Morgan fingerprint density at radius 2 is 1.85 bits per heavy atom. The van der Waals surface area contributed by atoms with Crippen LogP contribution in [0.5, 0.6) is 0 Å². The van der Waals surface area contributed by atoms with Gasteiger partial charge in [0.2, 0.25) is 0 Å². The summed E-state index contributed by atoms with van der Waals surface area (Å²) in [6.45, 7) is 1.37. The molecule has 0 spiro atoms. The standard InChI is InChI=1S/C19H13Cl2NO5/c1-10(17(23)22-15-9-12(20)6-7-14(15)21)26-18(24)13-8-11-4-2-3-5-16(11)27-19(13)25/h2-10H,1H3,(H,22,23)/t10-/m1/s1. The number of benzene rings is 2. The summed E-state index contributed by atoms with van der Waals surface area (Å²) in [7, 11) is 0. The molecule has 138 valence electrons. The van der Waals surface area contributed by atoms with E-state index in [1.54, 1.807) is 30.3 Å². The molecule has 1 aromatic heterocycles. The maximum Gasteiger partial charge on any atom is 0.351 e. The molecule has 0 saturated carbocycles. The molecular formula is C19H13Cl2NO5. The number of amides is 1. The maximum atomic E-state index is 12.3. The molecule has 3 rings (SSSR count). The number of anilines is 1. The van der Waals surface area contributed by atoms with Crippen molar-refractivity contribution in [3.05, 3.63) is 74.6 Å². The molecule has 0 radical (unpaired) electrons. The van der Waals surface area contributed by atoms with Crippen molar-refractivity contribution >= 4 is 51.7 Å². The predicted octanol–water partition coefficient (Wildman–Crippen LogP) is 4.28. The monoisotopic (exact) mass is 405 g/mol. The summed E-state index contributed by atoms with van der Waals surface area (Å²) in [5.41, 5.74) is -0.513. The van der Waals surface area contributed by atoms with Gasteiger partial charge in [-0.05, 0) is 37.3 Å². The van der Waals surface area contributed by atoms with E-state index in [0.717, 1.165) is 0 Å². The molecule has 2 aromatic carbocycles. The van der Waals surface area contributed by atoms with Crippen LogP contribution in [0.15, 0.2) is 57.7 Å². The Morgan fingerprint density at radius 1 is 1.11 bits per heavy atom. The maximum absolute atomic E-state index is 12.3. The van der Waals surface area contributed by atoms with Crippen molar-refractivity contribution in [1.82, 2.24) is 0 Å². The minimum Gasteiger partial charge on any atom is -0.449 e.